The van der Waals surface area contributed by atoms with E-state index >= 15 is 0 Å². The molecule has 1 heterocycles. The van der Waals surface area contributed by atoms with Crippen molar-refractivity contribution < 1.29 is 19.3 Å². The number of Topliss-reactive ketones (excluding diaryl/α,β-unsaturated/α-hetero) is 1. The molecular formula is C17H18N2O5. The Kier molecular flexibility index (Phi) is 3.76. The van der Waals surface area contributed by atoms with Gasteiger partial charge in [-0.25, -0.2) is 0 Å². The number of carbonyl (C=O) groups is 1. The fourth-order valence-corrected chi connectivity index (χ4v) is 3.76. The second kappa shape index (κ2) is 5.52. The van der Waals surface area contributed by atoms with Crippen molar-refractivity contribution in [2.45, 2.75) is 38.7 Å². The van der Waals surface area contributed by atoms with Crippen LogP contribution in [-0.4, -0.2) is 26.6 Å². The molecule has 0 amide bonds. The van der Waals surface area contributed by atoms with Gasteiger partial charge in [0.1, 0.15) is 11.5 Å². The van der Waals surface area contributed by atoms with Crippen molar-refractivity contribution in [2.75, 3.05) is 0 Å². The zero-order valence-electron chi connectivity index (χ0n) is 13.6. The molecule has 0 radical (unpaired) electrons. The summed E-state index contributed by atoms with van der Waals surface area (Å²) in [4.78, 5) is 22.7. The van der Waals surface area contributed by atoms with Gasteiger partial charge in [0.2, 0.25) is 0 Å². The van der Waals surface area contributed by atoms with Gasteiger partial charge in [-0.05, 0) is 26.3 Å². The first kappa shape index (κ1) is 16.3. The molecule has 0 bridgehead atoms. The van der Waals surface area contributed by atoms with E-state index in [1.165, 1.54) is 19.1 Å². The lowest BCUT2D eigenvalue weighted by atomic mass is 9.64. The summed E-state index contributed by atoms with van der Waals surface area (Å²) in [6, 6.07) is 6.05. The van der Waals surface area contributed by atoms with Crippen LogP contribution in [0.5, 0.6) is 0 Å². The van der Waals surface area contributed by atoms with E-state index in [-0.39, 0.29) is 17.9 Å². The molecule has 0 aliphatic heterocycles. The van der Waals surface area contributed by atoms with Crippen LogP contribution in [0.1, 0.15) is 42.3 Å². The van der Waals surface area contributed by atoms with E-state index in [1.807, 2.05) is 0 Å². The summed E-state index contributed by atoms with van der Waals surface area (Å²) < 4.78 is 5.27. The van der Waals surface area contributed by atoms with Gasteiger partial charge in [-0.3, -0.25) is 14.9 Å². The van der Waals surface area contributed by atoms with Crippen LogP contribution in [0.25, 0.3) is 0 Å². The lowest BCUT2D eigenvalue weighted by molar-refractivity contribution is -0.384. The van der Waals surface area contributed by atoms with Crippen LogP contribution in [0.2, 0.25) is 0 Å². The van der Waals surface area contributed by atoms with Gasteiger partial charge in [0.25, 0.3) is 5.69 Å². The average Bonchev–Trinajstić information content (AvgIpc) is 2.85. The van der Waals surface area contributed by atoms with Crippen LogP contribution in [0.15, 0.2) is 28.8 Å². The van der Waals surface area contributed by atoms with Crippen molar-refractivity contribution >= 4 is 11.5 Å². The molecular weight excluding hydrogens is 312 g/mol. The predicted octanol–water partition coefficient (Wildman–Crippen LogP) is 2.54. The maximum atomic E-state index is 12.3. The number of nitro benzene ring substituents is 1. The van der Waals surface area contributed by atoms with Crippen LogP contribution in [0.3, 0.4) is 0 Å². The largest absolute Gasteiger partial charge is 0.389 e. The van der Waals surface area contributed by atoms with Crippen LogP contribution >= 0.6 is 0 Å². The van der Waals surface area contributed by atoms with Crippen LogP contribution in [0.4, 0.5) is 5.69 Å². The van der Waals surface area contributed by atoms with Crippen LogP contribution in [0, 0.1) is 23.0 Å². The molecule has 0 saturated carbocycles. The van der Waals surface area contributed by atoms with Gasteiger partial charge < -0.3 is 9.63 Å². The summed E-state index contributed by atoms with van der Waals surface area (Å²) in [5.74, 6) is -0.678. The number of aromatic nitrogens is 1. The first-order valence-electron chi connectivity index (χ1n) is 7.64. The highest BCUT2D eigenvalue weighted by molar-refractivity contribution is 5.82. The quantitative estimate of drug-likeness (QED) is 0.684. The van der Waals surface area contributed by atoms with Crippen molar-refractivity contribution in [3.63, 3.8) is 0 Å². The second-order valence-corrected chi connectivity index (χ2v) is 6.55. The maximum Gasteiger partial charge on any atom is 0.269 e. The number of nitrogens with zero attached hydrogens (tertiary/aromatic N) is 2. The number of rotatable bonds is 3. The molecule has 1 aromatic carbocycles. The Morgan fingerprint density at radius 3 is 2.58 bits per heavy atom. The zero-order chi connectivity index (χ0) is 17.6. The highest BCUT2D eigenvalue weighted by Crippen LogP contribution is 2.47. The van der Waals surface area contributed by atoms with Gasteiger partial charge in [-0.15, -0.1) is 0 Å². The number of hydrogen-bond acceptors (Lipinski definition) is 6. The molecule has 0 saturated heterocycles. The van der Waals surface area contributed by atoms with Gasteiger partial charge in [0, 0.05) is 30.0 Å². The maximum absolute atomic E-state index is 12.3. The molecule has 126 valence electrons. The zero-order valence-corrected chi connectivity index (χ0v) is 13.6. The summed E-state index contributed by atoms with van der Waals surface area (Å²) in [7, 11) is 0. The first-order chi connectivity index (χ1) is 11.2. The van der Waals surface area contributed by atoms with E-state index in [9.17, 15) is 20.0 Å². The molecule has 24 heavy (non-hydrogen) atoms. The molecule has 3 atom stereocenters. The highest BCUT2D eigenvalue weighted by atomic mass is 16.6. The minimum Gasteiger partial charge on any atom is -0.389 e. The van der Waals surface area contributed by atoms with Gasteiger partial charge in [0.15, 0.2) is 0 Å². The average molecular weight is 330 g/mol. The number of aryl methyl sites for hydroxylation is 1. The third-order valence-electron chi connectivity index (χ3n) is 4.72. The molecule has 0 fully saturated rings. The summed E-state index contributed by atoms with van der Waals surface area (Å²) in [5, 5.41) is 25.7. The van der Waals surface area contributed by atoms with Crippen molar-refractivity contribution in [3.8, 4) is 0 Å². The smallest absolute Gasteiger partial charge is 0.269 e. The molecule has 7 heteroatoms. The Labute approximate surface area is 138 Å². The summed E-state index contributed by atoms with van der Waals surface area (Å²) >= 11 is 0. The van der Waals surface area contributed by atoms with Gasteiger partial charge in [-0.2, -0.15) is 0 Å². The lowest BCUT2D eigenvalue weighted by Crippen LogP contribution is -2.48. The molecule has 0 unspecified atom stereocenters. The van der Waals surface area contributed by atoms with E-state index in [0.29, 0.717) is 17.0 Å². The summed E-state index contributed by atoms with van der Waals surface area (Å²) in [6.07, 6.45) is 0.230. The third-order valence-corrected chi connectivity index (χ3v) is 4.72. The minimum absolute atomic E-state index is 0.0250. The van der Waals surface area contributed by atoms with E-state index in [0.717, 1.165) is 5.56 Å². The van der Waals surface area contributed by atoms with E-state index in [2.05, 4.69) is 5.16 Å². The minimum atomic E-state index is -1.27. The number of non-ortho nitro benzene ring substituents is 1. The highest BCUT2D eigenvalue weighted by Gasteiger charge is 2.49. The predicted molar refractivity (Wildman–Crippen MR) is 84.7 cm³/mol. The Morgan fingerprint density at radius 2 is 2.04 bits per heavy atom. The van der Waals surface area contributed by atoms with Crippen molar-refractivity contribution in [1.29, 1.82) is 0 Å². The van der Waals surface area contributed by atoms with E-state index < -0.39 is 22.4 Å². The molecule has 0 spiro atoms. The number of aliphatic hydroxyl groups is 1. The number of fused-ring (bicyclic) bond motifs is 1. The van der Waals surface area contributed by atoms with Gasteiger partial charge in [0.05, 0.1) is 22.1 Å². The van der Waals surface area contributed by atoms with Crippen molar-refractivity contribution in [2.24, 2.45) is 5.92 Å². The Hall–Kier alpha value is -2.54. The first-order valence-corrected chi connectivity index (χ1v) is 7.64. The fraction of sp³-hybridized carbons (Fsp3) is 0.412. The van der Waals surface area contributed by atoms with Crippen molar-refractivity contribution in [1.82, 2.24) is 5.16 Å². The SMILES string of the molecule is CC(=O)[C@@H]1[C@H](c2ccc([N+](=O)[O-])cc2)c2c(noc2C)C[C@]1(C)O. The molecule has 3 rings (SSSR count). The van der Waals surface area contributed by atoms with Crippen molar-refractivity contribution in [3.05, 3.63) is 57.0 Å². The fourth-order valence-electron chi connectivity index (χ4n) is 3.76. The second-order valence-electron chi connectivity index (χ2n) is 6.55. The molecule has 1 N–H and O–H groups in total. The van der Waals surface area contributed by atoms with Gasteiger partial charge in [-0.1, -0.05) is 17.3 Å². The number of nitro groups is 1. The molecule has 7 nitrogen and oxygen atoms in total. The number of benzene rings is 1. The van der Waals surface area contributed by atoms with Crippen LogP contribution < -0.4 is 0 Å². The number of hydrogen-bond donors (Lipinski definition) is 1. The molecule has 1 aromatic heterocycles. The summed E-state index contributed by atoms with van der Waals surface area (Å²) in [5.41, 5.74) is 0.833. The van der Waals surface area contributed by atoms with E-state index in [1.54, 1.807) is 26.0 Å². The molecule has 1 aliphatic rings. The van der Waals surface area contributed by atoms with Crippen LogP contribution in [-0.2, 0) is 11.2 Å². The monoisotopic (exact) mass is 330 g/mol. The van der Waals surface area contributed by atoms with E-state index in [4.69, 9.17) is 4.52 Å². The number of ketones is 1. The summed E-state index contributed by atoms with van der Waals surface area (Å²) in [6.45, 7) is 4.83. The topological polar surface area (TPSA) is 106 Å². The number of carbonyl (C=O) groups excluding carboxylic acids is 1. The molecule has 1 aliphatic carbocycles. The van der Waals surface area contributed by atoms with Gasteiger partial charge >= 0.3 is 0 Å². The lowest BCUT2D eigenvalue weighted by Gasteiger charge is -2.40. The Balaban J connectivity index is 2.18. The third kappa shape index (κ3) is 2.50. The normalized spacial score (nSPS) is 26.0. The Morgan fingerprint density at radius 1 is 1.42 bits per heavy atom. The Bertz CT molecular complexity index is 807. The standard InChI is InChI=1S/C17H18N2O5/c1-9(20)16-15(11-4-6-12(7-5-11)19(22)23)14-10(2)24-18-13(14)8-17(16,3)21/h4-7,15-16,21H,8H2,1-3H3/t15-,16-,17+/m1/s1. The molecule has 2 aromatic rings.